The molecule has 3 aromatic rings. The minimum atomic E-state index is -0.338. The fourth-order valence-corrected chi connectivity index (χ4v) is 3.33. The zero-order valence-electron chi connectivity index (χ0n) is 14.3. The molecule has 0 saturated carbocycles. The van der Waals surface area contributed by atoms with Crippen molar-refractivity contribution in [2.24, 2.45) is 0 Å². The van der Waals surface area contributed by atoms with Gasteiger partial charge in [-0.05, 0) is 29.8 Å². The predicted octanol–water partition coefficient (Wildman–Crippen LogP) is 4.66. The van der Waals surface area contributed by atoms with E-state index in [1.165, 1.54) is 11.3 Å². The van der Waals surface area contributed by atoms with E-state index in [0.717, 1.165) is 5.56 Å². The van der Waals surface area contributed by atoms with E-state index >= 15 is 0 Å². The van der Waals surface area contributed by atoms with Crippen LogP contribution in [-0.4, -0.2) is 23.9 Å². The Morgan fingerprint density at radius 3 is 2.23 bits per heavy atom. The van der Waals surface area contributed by atoms with Crippen molar-refractivity contribution in [1.82, 2.24) is 4.90 Å². The first kappa shape index (κ1) is 17.7. The number of benzene rings is 2. The maximum Gasteiger partial charge on any atom is 0.324 e. The Balaban J connectivity index is 1.58. The third-order valence-corrected chi connectivity index (χ3v) is 4.68. The van der Waals surface area contributed by atoms with Gasteiger partial charge in [-0.25, -0.2) is 4.79 Å². The number of urea groups is 1. The summed E-state index contributed by atoms with van der Waals surface area (Å²) in [5, 5.41) is 6.12. The zero-order valence-corrected chi connectivity index (χ0v) is 15.1. The summed E-state index contributed by atoms with van der Waals surface area (Å²) >= 11 is 1.26. The van der Waals surface area contributed by atoms with Crippen LogP contribution in [0.4, 0.5) is 15.5 Å². The van der Waals surface area contributed by atoms with E-state index in [0.29, 0.717) is 22.1 Å². The number of amides is 3. The van der Waals surface area contributed by atoms with Crippen LogP contribution in [0.15, 0.2) is 72.8 Å². The molecule has 0 spiro atoms. The van der Waals surface area contributed by atoms with E-state index < -0.39 is 0 Å². The van der Waals surface area contributed by atoms with Gasteiger partial charge in [0.05, 0.1) is 9.88 Å². The number of thiophene rings is 1. The smallest absolute Gasteiger partial charge is 0.324 e. The number of nitrogens with zero attached hydrogens (tertiary/aromatic N) is 1. The number of nitrogens with one attached hydrogen (secondary N) is 2. The first-order chi connectivity index (χ1) is 12.6. The van der Waals surface area contributed by atoms with Gasteiger partial charge in [0, 0.05) is 19.3 Å². The van der Waals surface area contributed by atoms with E-state index in [-0.39, 0.29) is 11.9 Å². The van der Waals surface area contributed by atoms with E-state index in [9.17, 15) is 9.59 Å². The van der Waals surface area contributed by atoms with E-state index in [4.69, 9.17) is 0 Å². The lowest BCUT2D eigenvalue weighted by Crippen LogP contribution is -2.25. The highest BCUT2D eigenvalue weighted by atomic mass is 32.1. The molecule has 0 atom stereocenters. The summed E-state index contributed by atoms with van der Waals surface area (Å²) in [7, 11) is 1.77. The quantitative estimate of drug-likeness (QED) is 0.690. The van der Waals surface area contributed by atoms with Crippen molar-refractivity contribution in [3.63, 3.8) is 0 Å². The molecule has 0 aliphatic heterocycles. The Labute approximate surface area is 156 Å². The molecule has 5 nitrogen and oxygen atoms in total. The summed E-state index contributed by atoms with van der Waals surface area (Å²) in [6, 6.07) is 22.1. The molecule has 1 heterocycles. The van der Waals surface area contributed by atoms with Gasteiger partial charge in [-0.2, -0.15) is 0 Å². The van der Waals surface area contributed by atoms with Crippen LogP contribution in [-0.2, 0) is 6.54 Å². The first-order valence-electron chi connectivity index (χ1n) is 8.14. The largest absolute Gasteiger partial charge is 0.337 e. The van der Waals surface area contributed by atoms with Gasteiger partial charge in [-0.15, -0.1) is 11.3 Å². The Kier molecular flexibility index (Phi) is 5.66. The number of hydrogen-bond acceptors (Lipinski definition) is 3. The molecule has 26 heavy (non-hydrogen) atoms. The highest BCUT2D eigenvalue weighted by Crippen LogP contribution is 2.23. The summed E-state index contributed by atoms with van der Waals surface area (Å²) in [4.78, 5) is 26.8. The molecule has 3 amide bonds. The Hall–Kier alpha value is -3.12. The molecule has 1 aromatic heterocycles. The van der Waals surface area contributed by atoms with Crippen LogP contribution in [0.2, 0.25) is 0 Å². The normalized spacial score (nSPS) is 10.2. The van der Waals surface area contributed by atoms with E-state index in [1.54, 1.807) is 24.1 Å². The highest BCUT2D eigenvalue weighted by molar-refractivity contribution is 7.18. The van der Waals surface area contributed by atoms with Gasteiger partial charge in [0.1, 0.15) is 0 Å². The van der Waals surface area contributed by atoms with Crippen molar-refractivity contribution in [2.45, 2.75) is 6.54 Å². The van der Waals surface area contributed by atoms with E-state index in [2.05, 4.69) is 10.6 Å². The lowest BCUT2D eigenvalue weighted by atomic mass is 10.2. The van der Waals surface area contributed by atoms with Gasteiger partial charge in [0.15, 0.2) is 0 Å². The Morgan fingerprint density at radius 2 is 1.54 bits per heavy atom. The zero-order chi connectivity index (χ0) is 18.4. The maximum atomic E-state index is 12.5. The second-order valence-corrected chi connectivity index (χ2v) is 6.84. The minimum Gasteiger partial charge on any atom is -0.337 e. The standard InChI is InChI=1S/C20H19N3O2S/c1-23(14-15-8-4-2-5-9-15)19(24)17-12-13-18(26-17)22-20(25)21-16-10-6-3-7-11-16/h2-13H,14H2,1H3,(H2,21,22,25). The second-order valence-electron chi connectivity index (χ2n) is 5.76. The fraction of sp³-hybridized carbons (Fsp3) is 0.100. The van der Waals surface area contributed by atoms with Gasteiger partial charge in [0.2, 0.25) is 0 Å². The summed E-state index contributed by atoms with van der Waals surface area (Å²) in [6.07, 6.45) is 0. The molecular formula is C20H19N3O2S. The number of carbonyl (C=O) groups is 2. The Bertz CT molecular complexity index is 878. The number of anilines is 2. The molecule has 0 fully saturated rings. The summed E-state index contributed by atoms with van der Waals surface area (Å²) < 4.78 is 0. The summed E-state index contributed by atoms with van der Waals surface area (Å²) in [5.74, 6) is -0.0737. The Morgan fingerprint density at radius 1 is 0.885 bits per heavy atom. The maximum absolute atomic E-state index is 12.5. The molecule has 3 rings (SSSR count). The third-order valence-electron chi connectivity index (χ3n) is 3.69. The molecule has 2 N–H and O–H groups in total. The van der Waals surface area contributed by atoms with Crippen LogP contribution in [0, 0.1) is 0 Å². The van der Waals surface area contributed by atoms with Crippen molar-refractivity contribution < 1.29 is 9.59 Å². The average Bonchev–Trinajstić information content (AvgIpc) is 3.11. The van der Waals surface area contributed by atoms with Crippen LogP contribution in [0.1, 0.15) is 15.2 Å². The number of carbonyl (C=O) groups excluding carboxylic acids is 2. The van der Waals surface area contributed by atoms with Gasteiger partial charge in [-0.1, -0.05) is 48.5 Å². The summed E-state index contributed by atoms with van der Waals surface area (Å²) in [6.45, 7) is 0.537. The van der Waals surface area contributed by atoms with Crippen molar-refractivity contribution in [3.8, 4) is 0 Å². The molecule has 6 heteroatoms. The molecule has 2 aromatic carbocycles. The van der Waals surface area contributed by atoms with Gasteiger partial charge >= 0.3 is 6.03 Å². The lowest BCUT2D eigenvalue weighted by Gasteiger charge is -2.16. The van der Waals surface area contributed by atoms with E-state index in [1.807, 2.05) is 60.7 Å². The van der Waals surface area contributed by atoms with Crippen LogP contribution in [0.5, 0.6) is 0 Å². The lowest BCUT2D eigenvalue weighted by molar-refractivity contribution is 0.0790. The predicted molar refractivity (Wildman–Crippen MR) is 106 cm³/mol. The highest BCUT2D eigenvalue weighted by Gasteiger charge is 2.15. The molecule has 0 radical (unpaired) electrons. The molecule has 0 unspecified atom stereocenters. The summed E-state index contributed by atoms with van der Waals surface area (Å²) in [5.41, 5.74) is 1.78. The molecule has 0 saturated heterocycles. The topological polar surface area (TPSA) is 61.4 Å². The van der Waals surface area contributed by atoms with Crippen LogP contribution in [0.25, 0.3) is 0 Å². The molecule has 0 aliphatic rings. The van der Waals surface area contributed by atoms with Crippen molar-refractivity contribution in [1.29, 1.82) is 0 Å². The fourth-order valence-electron chi connectivity index (χ4n) is 2.43. The SMILES string of the molecule is CN(Cc1ccccc1)C(=O)c1ccc(NC(=O)Nc2ccccc2)s1. The molecule has 132 valence electrons. The first-order valence-corrected chi connectivity index (χ1v) is 8.96. The van der Waals surface area contributed by atoms with Crippen molar-refractivity contribution in [3.05, 3.63) is 83.2 Å². The number of para-hydroxylation sites is 1. The van der Waals surface area contributed by atoms with Gasteiger partial charge in [0.25, 0.3) is 5.91 Å². The van der Waals surface area contributed by atoms with Crippen LogP contribution < -0.4 is 10.6 Å². The van der Waals surface area contributed by atoms with Crippen molar-refractivity contribution in [2.75, 3.05) is 17.7 Å². The molecular weight excluding hydrogens is 346 g/mol. The molecule has 0 aliphatic carbocycles. The van der Waals surface area contributed by atoms with Gasteiger partial charge in [-0.3, -0.25) is 10.1 Å². The van der Waals surface area contributed by atoms with Crippen LogP contribution in [0.3, 0.4) is 0 Å². The molecule has 0 bridgehead atoms. The second kappa shape index (κ2) is 8.31. The van der Waals surface area contributed by atoms with Crippen molar-refractivity contribution >= 4 is 34.0 Å². The third kappa shape index (κ3) is 4.70. The van der Waals surface area contributed by atoms with Crippen LogP contribution >= 0.6 is 11.3 Å². The van der Waals surface area contributed by atoms with Gasteiger partial charge < -0.3 is 10.2 Å². The average molecular weight is 365 g/mol. The monoisotopic (exact) mass is 365 g/mol. The minimum absolute atomic E-state index is 0.0737. The number of hydrogen-bond donors (Lipinski definition) is 2. The number of rotatable bonds is 5.